The summed E-state index contributed by atoms with van der Waals surface area (Å²) in [5.41, 5.74) is 6.81. The van der Waals surface area contributed by atoms with Gasteiger partial charge < -0.3 is 0 Å². The van der Waals surface area contributed by atoms with Crippen LogP contribution >= 0.6 is 12.6 Å². The van der Waals surface area contributed by atoms with E-state index in [1.165, 1.54) is 6.33 Å². The average Bonchev–Trinajstić information content (AvgIpc) is 2.62. The van der Waals surface area contributed by atoms with Crippen LogP contribution in [0.4, 0.5) is 5.69 Å². The molecular weight excluding hydrogens is 210 g/mol. The second-order valence-electron chi connectivity index (χ2n) is 2.98. The molecule has 0 radical (unpaired) electrons. The molecule has 0 saturated heterocycles. The van der Waals surface area contributed by atoms with Crippen molar-refractivity contribution in [3.8, 4) is 0 Å². The minimum absolute atomic E-state index is 0.858. The number of hydrazone groups is 1. The largest absolute Gasteiger partial charge is 0.276 e. The molecule has 0 amide bonds. The zero-order chi connectivity index (χ0) is 10.8. The number of thiol groups is 1. The molecule has 0 aromatic carbocycles. The van der Waals surface area contributed by atoms with E-state index >= 15 is 0 Å². The molecule has 0 aliphatic carbocycles. The van der Waals surface area contributed by atoms with E-state index in [1.54, 1.807) is 12.5 Å². The Morgan fingerprint density at radius 2 is 2.20 bits per heavy atom. The predicted molar refractivity (Wildman–Crippen MR) is 63.9 cm³/mol. The van der Waals surface area contributed by atoms with Crippen LogP contribution in [-0.2, 0) is 0 Å². The lowest BCUT2D eigenvalue weighted by Crippen LogP contribution is -2.04. The van der Waals surface area contributed by atoms with Gasteiger partial charge >= 0.3 is 0 Å². The first kappa shape index (κ1) is 9.97. The van der Waals surface area contributed by atoms with Crippen LogP contribution in [0, 0.1) is 6.92 Å². The Hall–Kier alpha value is -1.56. The number of nitrogens with one attached hydrogen (secondary N) is 1. The number of anilines is 1. The van der Waals surface area contributed by atoms with E-state index in [0.717, 1.165) is 22.6 Å². The molecule has 6 heteroatoms. The summed E-state index contributed by atoms with van der Waals surface area (Å²) in [4.78, 5) is 4.13. The smallest absolute Gasteiger partial charge is 0.137 e. The Labute approximate surface area is 92.6 Å². The molecule has 5 nitrogen and oxygen atoms in total. The summed E-state index contributed by atoms with van der Waals surface area (Å²) in [6.07, 6.45) is 4.93. The highest BCUT2D eigenvalue weighted by atomic mass is 32.1. The molecule has 1 aliphatic heterocycles. The molecule has 2 aromatic rings. The maximum atomic E-state index is 4.15. The van der Waals surface area contributed by atoms with Gasteiger partial charge in [0.1, 0.15) is 17.5 Å². The Balaban J connectivity index is 0.000000404. The quantitative estimate of drug-likeness (QED) is 0.660. The van der Waals surface area contributed by atoms with E-state index in [4.69, 9.17) is 0 Å². The van der Waals surface area contributed by atoms with E-state index in [0.29, 0.717) is 0 Å². The highest BCUT2D eigenvalue weighted by Crippen LogP contribution is 2.24. The van der Waals surface area contributed by atoms with Crippen molar-refractivity contribution in [1.29, 1.82) is 0 Å². The van der Waals surface area contributed by atoms with Crippen LogP contribution in [0.1, 0.15) is 11.4 Å². The molecule has 78 valence electrons. The van der Waals surface area contributed by atoms with Gasteiger partial charge in [0.05, 0.1) is 11.9 Å². The zero-order valence-corrected chi connectivity index (χ0v) is 9.36. The van der Waals surface area contributed by atoms with E-state index in [1.807, 2.05) is 17.5 Å². The SMILES string of the molecule is CS.Cc1cc2c3c(ncnn13)C=NN2. The third-order valence-corrected chi connectivity index (χ3v) is 2.13. The van der Waals surface area contributed by atoms with Crippen molar-refractivity contribution in [1.82, 2.24) is 14.6 Å². The second-order valence-corrected chi connectivity index (χ2v) is 2.98. The first-order valence-electron chi connectivity index (χ1n) is 4.43. The second kappa shape index (κ2) is 3.90. The molecular formula is C9H11N5S. The fourth-order valence-corrected chi connectivity index (χ4v) is 1.57. The van der Waals surface area contributed by atoms with Gasteiger partial charge in [-0.1, -0.05) is 0 Å². The summed E-state index contributed by atoms with van der Waals surface area (Å²) < 4.78 is 1.86. The lowest BCUT2D eigenvalue weighted by molar-refractivity contribution is 0.868. The van der Waals surface area contributed by atoms with Crippen LogP contribution in [0.15, 0.2) is 17.5 Å². The molecule has 1 aliphatic rings. The number of nitrogens with zero attached hydrogens (tertiary/aromatic N) is 4. The van der Waals surface area contributed by atoms with Crippen LogP contribution in [0.2, 0.25) is 0 Å². The zero-order valence-electron chi connectivity index (χ0n) is 8.47. The Morgan fingerprint density at radius 3 is 3.00 bits per heavy atom. The number of hydrogen-bond donors (Lipinski definition) is 2. The lowest BCUT2D eigenvalue weighted by Gasteiger charge is -2.05. The van der Waals surface area contributed by atoms with Gasteiger partial charge in [0, 0.05) is 5.69 Å². The van der Waals surface area contributed by atoms with Crippen LogP contribution in [-0.4, -0.2) is 27.1 Å². The first-order valence-corrected chi connectivity index (χ1v) is 5.33. The summed E-state index contributed by atoms with van der Waals surface area (Å²) in [5, 5.41) is 8.13. The Kier molecular flexibility index (Phi) is 2.59. The Bertz CT molecular complexity index is 516. The highest BCUT2D eigenvalue weighted by molar-refractivity contribution is 7.79. The highest BCUT2D eigenvalue weighted by Gasteiger charge is 2.13. The predicted octanol–water partition coefficient (Wildman–Crippen LogP) is 1.34. The summed E-state index contributed by atoms with van der Waals surface area (Å²) in [6.45, 7) is 2.00. The monoisotopic (exact) mass is 221 g/mol. The van der Waals surface area contributed by atoms with Gasteiger partial charge in [-0.3, -0.25) is 5.43 Å². The van der Waals surface area contributed by atoms with E-state index in [-0.39, 0.29) is 0 Å². The lowest BCUT2D eigenvalue weighted by atomic mass is 10.3. The van der Waals surface area contributed by atoms with Crippen molar-refractivity contribution in [2.24, 2.45) is 5.10 Å². The maximum Gasteiger partial charge on any atom is 0.137 e. The summed E-state index contributed by atoms with van der Waals surface area (Å²) in [5.74, 6) is 0. The van der Waals surface area contributed by atoms with Gasteiger partial charge in [-0.05, 0) is 19.2 Å². The van der Waals surface area contributed by atoms with Gasteiger partial charge in [-0.25, -0.2) is 9.50 Å². The molecule has 3 heterocycles. The molecule has 3 rings (SSSR count). The summed E-state index contributed by atoms with van der Waals surface area (Å²) >= 11 is 3.53. The molecule has 0 fully saturated rings. The van der Waals surface area contributed by atoms with Crippen LogP contribution in [0.25, 0.3) is 5.52 Å². The molecule has 15 heavy (non-hydrogen) atoms. The molecule has 0 saturated carbocycles. The molecule has 0 unspecified atom stereocenters. The average molecular weight is 221 g/mol. The van der Waals surface area contributed by atoms with Crippen molar-refractivity contribution in [3.63, 3.8) is 0 Å². The minimum Gasteiger partial charge on any atom is -0.276 e. The van der Waals surface area contributed by atoms with Crippen LogP contribution in [0.3, 0.4) is 0 Å². The topological polar surface area (TPSA) is 54.6 Å². The van der Waals surface area contributed by atoms with Gasteiger partial charge in [0.25, 0.3) is 0 Å². The minimum atomic E-state index is 0.858. The van der Waals surface area contributed by atoms with Crippen LogP contribution in [0.5, 0.6) is 0 Å². The van der Waals surface area contributed by atoms with Crippen LogP contribution < -0.4 is 5.43 Å². The normalized spacial score (nSPS) is 11.9. The van der Waals surface area contributed by atoms with Crippen molar-refractivity contribution >= 4 is 30.0 Å². The van der Waals surface area contributed by atoms with Crippen molar-refractivity contribution in [2.75, 3.05) is 11.7 Å². The number of hydrogen-bond acceptors (Lipinski definition) is 5. The van der Waals surface area contributed by atoms with Gasteiger partial charge in [-0.2, -0.15) is 22.8 Å². The standard InChI is InChI=1S/C8H7N5.CH4S/c1-5-2-6-8-7(3-10-12-6)9-4-11-13(5)8;1-2/h2-4,12H,1H3;2H,1H3. The van der Waals surface area contributed by atoms with E-state index < -0.39 is 0 Å². The molecule has 0 bridgehead atoms. The number of aryl methyl sites for hydroxylation is 1. The molecule has 0 spiro atoms. The fraction of sp³-hybridized carbons (Fsp3) is 0.222. The van der Waals surface area contributed by atoms with Crippen molar-refractivity contribution in [2.45, 2.75) is 6.92 Å². The number of aromatic nitrogens is 3. The summed E-state index contributed by atoms with van der Waals surface area (Å²) in [6, 6.07) is 2.00. The first-order chi connectivity index (χ1) is 7.36. The maximum absolute atomic E-state index is 4.15. The van der Waals surface area contributed by atoms with Crippen molar-refractivity contribution < 1.29 is 0 Å². The number of rotatable bonds is 0. The third-order valence-electron chi connectivity index (χ3n) is 2.13. The van der Waals surface area contributed by atoms with E-state index in [2.05, 4.69) is 33.2 Å². The third kappa shape index (κ3) is 1.46. The molecule has 0 atom stereocenters. The van der Waals surface area contributed by atoms with Gasteiger partial charge in [-0.15, -0.1) is 0 Å². The summed E-state index contributed by atoms with van der Waals surface area (Å²) in [7, 11) is 0. The van der Waals surface area contributed by atoms with Gasteiger partial charge in [0.15, 0.2) is 0 Å². The Morgan fingerprint density at radius 1 is 1.40 bits per heavy atom. The van der Waals surface area contributed by atoms with Crippen molar-refractivity contribution in [3.05, 3.63) is 23.8 Å². The molecule has 2 aromatic heterocycles. The van der Waals surface area contributed by atoms with E-state index in [9.17, 15) is 0 Å². The van der Waals surface area contributed by atoms with Gasteiger partial charge in [0.2, 0.25) is 0 Å². The fourth-order valence-electron chi connectivity index (χ4n) is 1.57. The molecule has 1 N–H and O–H groups in total.